The number of halogens is 1. The van der Waals surface area contributed by atoms with Gasteiger partial charge in [0.15, 0.2) is 0 Å². The average Bonchev–Trinajstić information content (AvgIpc) is 2.45. The summed E-state index contributed by atoms with van der Waals surface area (Å²) in [4.78, 5) is -0.0279. The number of hydrogen-bond donors (Lipinski definition) is 1. The van der Waals surface area contributed by atoms with E-state index in [0.717, 1.165) is 0 Å². The first-order chi connectivity index (χ1) is 6.68. The molecule has 0 bridgehead atoms. The molecule has 0 saturated carbocycles. The molecular weight excluding hydrogens is 240 g/mol. The third-order valence-electron chi connectivity index (χ3n) is 1.84. The summed E-state index contributed by atoms with van der Waals surface area (Å²) >= 11 is 0. The maximum atomic E-state index is 10.9. The zero-order chi connectivity index (χ0) is 11.7. The van der Waals surface area contributed by atoms with Crippen LogP contribution in [0.1, 0.15) is 20.3 Å². The lowest BCUT2D eigenvalue weighted by molar-refractivity contribution is 0.0651. The smallest absolute Gasteiger partial charge is 0.264 e. The predicted molar refractivity (Wildman–Crippen MR) is 56.2 cm³/mol. The summed E-state index contributed by atoms with van der Waals surface area (Å²) in [5, 5.41) is 13.3. The highest BCUT2D eigenvalue weighted by Gasteiger charge is 2.15. The molecule has 0 saturated heterocycles. The molecule has 0 aromatic carbocycles. The van der Waals surface area contributed by atoms with Gasteiger partial charge in [-0.3, -0.25) is 4.68 Å². The van der Waals surface area contributed by atoms with Crippen LogP contribution in [0.25, 0.3) is 0 Å². The van der Waals surface area contributed by atoms with E-state index in [0.29, 0.717) is 13.0 Å². The van der Waals surface area contributed by atoms with Gasteiger partial charge in [-0.05, 0) is 20.3 Å². The molecule has 0 aliphatic heterocycles. The van der Waals surface area contributed by atoms with E-state index >= 15 is 0 Å². The third-order valence-corrected chi connectivity index (χ3v) is 3.15. The Morgan fingerprint density at radius 3 is 2.60 bits per heavy atom. The molecule has 5 nitrogen and oxygen atoms in total. The lowest BCUT2D eigenvalue weighted by Gasteiger charge is -2.16. The summed E-state index contributed by atoms with van der Waals surface area (Å²) < 4.78 is 23.3. The van der Waals surface area contributed by atoms with Crippen molar-refractivity contribution in [1.82, 2.24) is 9.78 Å². The van der Waals surface area contributed by atoms with Crippen LogP contribution in [0.5, 0.6) is 0 Å². The van der Waals surface area contributed by atoms with E-state index < -0.39 is 14.7 Å². The fraction of sp³-hybridized carbons (Fsp3) is 0.625. The van der Waals surface area contributed by atoms with Crippen LogP contribution in [0.4, 0.5) is 0 Å². The van der Waals surface area contributed by atoms with Crippen LogP contribution in [0.15, 0.2) is 17.3 Å². The Bertz CT molecular complexity index is 433. The molecule has 0 radical (unpaired) electrons. The molecule has 0 atom stereocenters. The first-order valence-electron chi connectivity index (χ1n) is 4.38. The van der Waals surface area contributed by atoms with Crippen LogP contribution in [0.2, 0.25) is 0 Å². The number of aliphatic hydroxyl groups is 1. The van der Waals surface area contributed by atoms with Gasteiger partial charge in [0.25, 0.3) is 9.05 Å². The molecule has 7 heteroatoms. The van der Waals surface area contributed by atoms with E-state index in [9.17, 15) is 13.5 Å². The van der Waals surface area contributed by atoms with Crippen LogP contribution in [-0.2, 0) is 15.6 Å². The number of hydrogen-bond acceptors (Lipinski definition) is 4. The van der Waals surface area contributed by atoms with Crippen molar-refractivity contribution in [2.75, 3.05) is 0 Å². The predicted octanol–water partition coefficient (Wildman–Crippen LogP) is 0.972. The van der Waals surface area contributed by atoms with Gasteiger partial charge in [-0.2, -0.15) is 5.10 Å². The van der Waals surface area contributed by atoms with Gasteiger partial charge in [0.2, 0.25) is 0 Å². The molecule has 0 unspecified atom stereocenters. The van der Waals surface area contributed by atoms with Crippen molar-refractivity contribution < 1.29 is 13.5 Å². The topological polar surface area (TPSA) is 72.2 Å². The van der Waals surface area contributed by atoms with E-state index in [2.05, 4.69) is 5.10 Å². The summed E-state index contributed by atoms with van der Waals surface area (Å²) in [5.41, 5.74) is -0.800. The molecule has 0 fully saturated rings. The highest BCUT2D eigenvalue weighted by Crippen LogP contribution is 2.14. The minimum Gasteiger partial charge on any atom is -0.390 e. The molecular formula is C8H13ClN2O3S. The lowest BCUT2D eigenvalue weighted by Crippen LogP contribution is -2.21. The van der Waals surface area contributed by atoms with Gasteiger partial charge in [0.05, 0.1) is 11.8 Å². The molecule has 0 aliphatic carbocycles. The quantitative estimate of drug-likeness (QED) is 0.811. The minimum absolute atomic E-state index is 0.0279. The van der Waals surface area contributed by atoms with Crippen LogP contribution >= 0.6 is 10.7 Å². The largest absolute Gasteiger partial charge is 0.390 e. The van der Waals surface area contributed by atoms with Crippen molar-refractivity contribution in [3.8, 4) is 0 Å². The molecule has 0 aliphatic rings. The van der Waals surface area contributed by atoms with Crippen LogP contribution in [0.3, 0.4) is 0 Å². The molecule has 86 valence electrons. The Labute approximate surface area is 93.1 Å². The fourth-order valence-electron chi connectivity index (χ4n) is 0.981. The van der Waals surface area contributed by atoms with Gasteiger partial charge in [0, 0.05) is 23.4 Å². The van der Waals surface area contributed by atoms with Crippen molar-refractivity contribution >= 4 is 19.7 Å². The Morgan fingerprint density at radius 2 is 2.20 bits per heavy atom. The maximum absolute atomic E-state index is 10.9. The van der Waals surface area contributed by atoms with Gasteiger partial charge in [-0.1, -0.05) is 0 Å². The van der Waals surface area contributed by atoms with E-state index in [-0.39, 0.29) is 4.90 Å². The first-order valence-corrected chi connectivity index (χ1v) is 6.69. The standard InChI is InChI=1S/C8H13ClN2O3S/c1-8(2,12)3-4-11-6-7(5-10-11)15(9,13)14/h5-6,12H,3-4H2,1-2H3. The highest BCUT2D eigenvalue weighted by molar-refractivity contribution is 8.13. The number of rotatable bonds is 4. The molecule has 1 aromatic heterocycles. The second kappa shape index (κ2) is 4.11. The van der Waals surface area contributed by atoms with Gasteiger partial charge >= 0.3 is 0 Å². The van der Waals surface area contributed by atoms with Gasteiger partial charge in [-0.25, -0.2) is 8.42 Å². The Morgan fingerprint density at radius 1 is 1.60 bits per heavy atom. The normalized spacial score (nSPS) is 13.1. The van der Waals surface area contributed by atoms with Crippen LogP contribution < -0.4 is 0 Å². The van der Waals surface area contributed by atoms with Crippen molar-refractivity contribution in [2.45, 2.75) is 37.3 Å². The minimum atomic E-state index is -3.71. The van der Waals surface area contributed by atoms with E-state index in [1.54, 1.807) is 13.8 Å². The average molecular weight is 253 g/mol. The first kappa shape index (κ1) is 12.5. The third kappa shape index (κ3) is 4.19. The fourth-order valence-corrected chi connectivity index (χ4v) is 1.64. The van der Waals surface area contributed by atoms with Gasteiger partial charge in [-0.15, -0.1) is 0 Å². The summed E-state index contributed by atoms with van der Waals surface area (Å²) in [6, 6.07) is 0. The van der Waals surface area contributed by atoms with Crippen molar-refractivity contribution in [1.29, 1.82) is 0 Å². The Kier molecular flexibility index (Phi) is 3.42. The number of aromatic nitrogens is 2. The van der Waals surface area contributed by atoms with E-state index in [4.69, 9.17) is 10.7 Å². The molecule has 1 rings (SSSR count). The van der Waals surface area contributed by atoms with Crippen molar-refractivity contribution in [3.05, 3.63) is 12.4 Å². The lowest BCUT2D eigenvalue weighted by atomic mass is 10.1. The van der Waals surface area contributed by atoms with Gasteiger partial charge < -0.3 is 5.11 Å². The maximum Gasteiger partial charge on any atom is 0.264 e. The zero-order valence-electron chi connectivity index (χ0n) is 8.51. The highest BCUT2D eigenvalue weighted by atomic mass is 35.7. The number of aryl methyl sites for hydroxylation is 1. The molecule has 1 aromatic rings. The van der Waals surface area contributed by atoms with Crippen LogP contribution in [-0.4, -0.2) is 28.9 Å². The van der Waals surface area contributed by atoms with Crippen LogP contribution in [0, 0.1) is 0 Å². The molecule has 0 amide bonds. The molecule has 1 heterocycles. The summed E-state index contributed by atoms with van der Waals surface area (Å²) in [6.45, 7) is 3.79. The zero-order valence-corrected chi connectivity index (χ0v) is 10.1. The monoisotopic (exact) mass is 252 g/mol. The number of nitrogens with zero attached hydrogens (tertiary/aromatic N) is 2. The van der Waals surface area contributed by atoms with E-state index in [1.807, 2.05) is 0 Å². The second-order valence-corrected chi connectivity index (χ2v) is 6.51. The van der Waals surface area contributed by atoms with Crippen molar-refractivity contribution in [2.24, 2.45) is 0 Å². The van der Waals surface area contributed by atoms with Gasteiger partial charge in [0.1, 0.15) is 4.90 Å². The molecule has 15 heavy (non-hydrogen) atoms. The Hall–Kier alpha value is -0.590. The second-order valence-electron chi connectivity index (χ2n) is 3.94. The molecule has 1 N–H and O–H groups in total. The summed E-state index contributed by atoms with van der Waals surface area (Å²) in [6.07, 6.45) is 3.01. The van der Waals surface area contributed by atoms with E-state index in [1.165, 1.54) is 17.1 Å². The summed E-state index contributed by atoms with van der Waals surface area (Å²) in [7, 11) is 1.42. The molecule has 0 spiro atoms. The van der Waals surface area contributed by atoms with Crippen molar-refractivity contribution in [3.63, 3.8) is 0 Å². The summed E-state index contributed by atoms with van der Waals surface area (Å²) in [5.74, 6) is 0. The Balaban J connectivity index is 2.70. The SMILES string of the molecule is CC(C)(O)CCn1cc(S(=O)(=O)Cl)cn1.